The van der Waals surface area contributed by atoms with Gasteiger partial charge < -0.3 is 10.3 Å². The Balaban J connectivity index is 1.56. The maximum Gasteiger partial charge on any atom is 0.209 e. The standard InChI is InChI=1S/C29H33FN6O2S/c1-4-32-28(24-14-26(34-16-18(24)2)20-5-8-31-9-6-20)27-15-25-23(7-10-33-29(25)36-27)21-11-19(12-22(30)13-21)17-35-39(3,37)38/h7,10-16,20,31,35H,4-6,8-9,17H2,1-3H3,(H,33,36). The number of piperidine rings is 1. The van der Waals surface area contributed by atoms with Crippen molar-refractivity contribution in [2.75, 3.05) is 25.9 Å². The van der Waals surface area contributed by atoms with Crippen molar-refractivity contribution in [1.82, 2.24) is 25.0 Å². The zero-order valence-electron chi connectivity index (χ0n) is 22.4. The van der Waals surface area contributed by atoms with E-state index in [1.165, 1.54) is 12.1 Å². The van der Waals surface area contributed by atoms with Crippen molar-refractivity contribution in [3.63, 3.8) is 0 Å². The van der Waals surface area contributed by atoms with Gasteiger partial charge in [-0.05, 0) is 98.4 Å². The smallest absolute Gasteiger partial charge is 0.209 e. The van der Waals surface area contributed by atoms with Gasteiger partial charge in [0, 0.05) is 48.0 Å². The number of sulfonamides is 1. The Hall–Kier alpha value is -3.47. The first-order chi connectivity index (χ1) is 18.7. The second-order valence-corrected chi connectivity index (χ2v) is 11.8. The number of H-pyrrole nitrogens is 1. The van der Waals surface area contributed by atoms with Crippen LogP contribution >= 0.6 is 0 Å². The van der Waals surface area contributed by atoms with Crippen LogP contribution in [0.5, 0.6) is 0 Å². The number of pyridine rings is 2. The zero-order chi connectivity index (χ0) is 27.6. The summed E-state index contributed by atoms with van der Waals surface area (Å²) in [7, 11) is -3.41. The van der Waals surface area contributed by atoms with E-state index < -0.39 is 15.8 Å². The lowest BCUT2D eigenvalue weighted by Gasteiger charge is -2.23. The number of aliphatic imine (C=N–C) groups is 1. The first-order valence-electron chi connectivity index (χ1n) is 13.2. The van der Waals surface area contributed by atoms with Crippen molar-refractivity contribution in [2.24, 2.45) is 4.99 Å². The third-order valence-electron chi connectivity index (χ3n) is 7.05. The van der Waals surface area contributed by atoms with Gasteiger partial charge >= 0.3 is 0 Å². The number of aryl methyl sites for hydroxylation is 1. The molecule has 1 aliphatic rings. The second kappa shape index (κ2) is 11.3. The molecule has 1 saturated heterocycles. The van der Waals surface area contributed by atoms with Gasteiger partial charge in [0.1, 0.15) is 11.5 Å². The summed E-state index contributed by atoms with van der Waals surface area (Å²) in [5.74, 6) is -0.0200. The molecule has 0 spiro atoms. The normalized spacial score (nSPS) is 15.2. The minimum atomic E-state index is -3.41. The number of aromatic nitrogens is 3. The molecule has 39 heavy (non-hydrogen) atoms. The molecule has 0 amide bonds. The summed E-state index contributed by atoms with van der Waals surface area (Å²) in [6.45, 7) is 6.66. The van der Waals surface area contributed by atoms with E-state index in [4.69, 9.17) is 9.98 Å². The van der Waals surface area contributed by atoms with Crippen molar-refractivity contribution in [3.8, 4) is 11.1 Å². The third kappa shape index (κ3) is 6.24. The fraction of sp³-hybridized carbons (Fsp3) is 0.345. The molecule has 0 atom stereocenters. The van der Waals surface area contributed by atoms with Crippen LogP contribution in [0.25, 0.3) is 22.2 Å². The van der Waals surface area contributed by atoms with Crippen LogP contribution in [0.4, 0.5) is 4.39 Å². The molecule has 4 aromatic rings. The average Bonchev–Trinajstić information content (AvgIpc) is 3.35. The maximum atomic E-state index is 14.6. The van der Waals surface area contributed by atoms with Gasteiger partial charge in [-0.25, -0.2) is 22.5 Å². The van der Waals surface area contributed by atoms with Crippen LogP contribution in [0.2, 0.25) is 0 Å². The van der Waals surface area contributed by atoms with Crippen molar-refractivity contribution in [3.05, 3.63) is 82.7 Å². The highest BCUT2D eigenvalue weighted by molar-refractivity contribution is 7.88. The van der Waals surface area contributed by atoms with E-state index in [1.54, 1.807) is 12.3 Å². The van der Waals surface area contributed by atoms with E-state index >= 15 is 0 Å². The molecule has 1 aliphatic heterocycles. The van der Waals surface area contributed by atoms with Crippen LogP contribution in [0, 0.1) is 12.7 Å². The number of nitrogens with zero attached hydrogens (tertiary/aromatic N) is 3. The van der Waals surface area contributed by atoms with Crippen LogP contribution < -0.4 is 10.0 Å². The molecule has 5 rings (SSSR count). The Kier molecular flexibility index (Phi) is 7.88. The molecule has 1 fully saturated rings. The summed E-state index contributed by atoms with van der Waals surface area (Å²) >= 11 is 0. The summed E-state index contributed by atoms with van der Waals surface area (Å²) in [5, 5.41) is 4.24. The quantitative estimate of drug-likeness (QED) is 0.282. The maximum absolute atomic E-state index is 14.6. The predicted octanol–water partition coefficient (Wildman–Crippen LogP) is 4.45. The number of rotatable bonds is 8. The number of aromatic amines is 1. The summed E-state index contributed by atoms with van der Waals surface area (Å²) < 4.78 is 40.1. The molecule has 10 heteroatoms. The number of benzene rings is 1. The summed E-state index contributed by atoms with van der Waals surface area (Å²) in [6.07, 6.45) is 6.82. The van der Waals surface area contributed by atoms with Gasteiger partial charge in [-0.15, -0.1) is 0 Å². The van der Waals surface area contributed by atoms with Gasteiger partial charge in [-0.1, -0.05) is 0 Å². The fourth-order valence-electron chi connectivity index (χ4n) is 5.14. The highest BCUT2D eigenvalue weighted by atomic mass is 32.2. The van der Waals surface area contributed by atoms with E-state index in [1.807, 2.05) is 32.2 Å². The minimum Gasteiger partial charge on any atom is -0.338 e. The molecule has 0 radical (unpaired) electrons. The molecule has 0 unspecified atom stereocenters. The fourth-order valence-corrected chi connectivity index (χ4v) is 5.57. The first kappa shape index (κ1) is 27.1. The van der Waals surface area contributed by atoms with Crippen molar-refractivity contribution in [2.45, 2.75) is 39.2 Å². The van der Waals surface area contributed by atoms with E-state index in [-0.39, 0.29) is 6.54 Å². The minimum absolute atomic E-state index is 0.00419. The van der Waals surface area contributed by atoms with Crippen LogP contribution in [0.15, 0.2) is 53.8 Å². The molecule has 0 aliphatic carbocycles. The highest BCUT2D eigenvalue weighted by Gasteiger charge is 2.21. The van der Waals surface area contributed by atoms with Crippen molar-refractivity contribution in [1.29, 1.82) is 0 Å². The summed E-state index contributed by atoms with van der Waals surface area (Å²) in [5.41, 5.74) is 7.46. The van der Waals surface area contributed by atoms with E-state index in [0.717, 1.165) is 71.4 Å². The number of halogens is 1. The first-order valence-corrected chi connectivity index (χ1v) is 15.1. The molecule has 3 aromatic heterocycles. The molecular weight excluding hydrogens is 515 g/mol. The van der Waals surface area contributed by atoms with Crippen molar-refractivity contribution >= 4 is 26.8 Å². The molecule has 0 bridgehead atoms. The number of nitrogens with one attached hydrogen (secondary N) is 3. The van der Waals surface area contributed by atoms with Crippen LogP contribution in [0.3, 0.4) is 0 Å². The summed E-state index contributed by atoms with van der Waals surface area (Å²) in [4.78, 5) is 17.6. The Morgan fingerprint density at radius 1 is 1.15 bits per heavy atom. The molecule has 0 saturated carbocycles. The highest BCUT2D eigenvalue weighted by Crippen LogP contribution is 2.31. The van der Waals surface area contributed by atoms with Crippen LogP contribution in [-0.4, -0.2) is 55.0 Å². The van der Waals surface area contributed by atoms with Crippen LogP contribution in [-0.2, 0) is 16.6 Å². The van der Waals surface area contributed by atoms with E-state index in [0.29, 0.717) is 29.2 Å². The molecule has 1 aromatic carbocycles. The van der Waals surface area contributed by atoms with Gasteiger partial charge in [-0.3, -0.25) is 9.98 Å². The molecule has 8 nitrogen and oxygen atoms in total. The zero-order valence-corrected chi connectivity index (χ0v) is 23.2. The SMILES string of the molecule is CCN=C(c1cc2c(-c3cc(F)cc(CNS(C)(=O)=O)c3)ccnc2[nH]1)c1cc(C2CCNCC2)ncc1C. The molecule has 204 valence electrons. The molecular formula is C29H33FN6O2S. The van der Waals surface area contributed by atoms with Gasteiger partial charge in [0.15, 0.2) is 0 Å². The third-order valence-corrected chi connectivity index (χ3v) is 7.72. The Bertz CT molecular complexity index is 1640. The predicted molar refractivity (Wildman–Crippen MR) is 153 cm³/mol. The molecule has 4 heterocycles. The Morgan fingerprint density at radius 2 is 1.95 bits per heavy atom. The number of hydrogen-bond donors (Lipinski definition) is 3. The van der Waals surface area contributed by atoms with Crippen LogP contribution in [0.1, 0.15) is 53.8 Å². The summed E-state index contributed by atoms with van der Waals surface area (Å²) in [6, 6.07) is 10.6. The van der Waals surface area contributed by atoms with Gasteiger partial charge in [0.2, 0.25) is 10.0 Å². The number of fused-ring (bicyclic) bond motifs is 1. The Labute approximate surface area is 228 Å². The lowest BCUT2D eigenvalue weighted by molar-refractivity contribution is 0.453. The van der Waals surface area contributed by atoms with Gasteiger partial charge in [0.05, 0.1) is 17.7 Å². The second-order valence-electron chi connectivity index (χ2n) is 10.0. The lowest BCUT2D eigenvalue weighted by Crippen LogP contribution is -2.27. The number of hydrogen-bond acceptors (Lipinski definition) is 6. The van der Waals surface area contributed by atoms with Gasteiger partial charge in [-0.2, -0.15) is 0 Å². The van der Waals surface area contributed by atoms with E-state index in [9.17, 15) is 12.8 Å². The van der Waals surface area contributed by atoms with Crippen molar-refractivity contribution < 1.29 is 12.8 Å². The van der Waals surface area contributed by atoms with Gasteiger partial charge in [0.25, 0.3) is 0 Å². The topological polar surface area (TPSA) is 112 Å². The van der Waals surface area contributed by atoms with E-state index in [2.05, 4.69) is 26.1 Å². The Morgan fingerprint density at radius 3 is 2.69 bits per heavy atom. The monoisotopic (exact) mass is 548 g/mol. The average molecular weight is 549 g/mol. The largest absolute Gasteiger partial charge is 0.338 e. The lowest BCUT2D eigenvalue weighted by atomic mass is 9.91. The molecule has 3 N–H and O–H groups in total.